The van der Waals surface area contributed by atoms with Gasteiger partial charge in [-0.2, -0.15) is 0 Å². The SMILES string of the molecule is C.CC(C)(C)C#CCOc1ccc(C(=O)O)cc1.COC(=O)C(N)C(C)(C)[N+](=O)[O-].COC(=O)C(NC(=O)c1ccc(OCC#CC(C)(C)C)cc1)C(C)(C)[N+](=O)[O-].Cl. The van der Waals surface area contributed by atoms with Crippen LogP contribution in [0.2, 0.25) is 0 Å². The quantitative estimate of drug-likeness (QED) is 0.0925. The molecule has 0 spiro atoms. The maximum absolute atomic E-state index is 12.4. The molecular formula is C41H59ClN4O13. The summed E-state index contributed by atoms with van der Waals surface area (Å²) in [4.78, 5) is 66.2. The van der Waals surface area contributed by atoms with Crippen molar-refractivity contribution in [2.45, 2.75) is 99.8 Å². The highest BCUT2D eigenvalue weighted by atomic mass is 35.5. The average Bonchev–Trinajstić information content (AvgIpc) is 3.13. The molecule has 0 aliphatic heterocycles. The Labute approximate surface area is 352 Å². The summed E-state index contributed by atoms with van der Waals surface area (Å²) in [6.07, 6.45) is 0. The molecule has 4 N–H and O–H groups in total. The minimum Gasteiger partial charge on any atom is -0.481 e. The Morgan fingerprint density at radius 3 is 1.36 bits per heavy atom. The molecule has 0 bridgehead atoms. The number of carbonyl (C=O) groups is 4. The van der Waals surface area contributed by atoms with Crippen molar-refractivity contribution < 1.29 is 53.1 Å². The lowest BCUT2D eigenvalue weighted by Crippen LogP contribution is -2.58. The van der Waals surface area contributed by atoms with E-state index in [0.717, 1.165) is 14.2 Å². The number of halogens is 1. The van der Waals surface area contributed by atoms with Gasteiger partial charge in [-0.15, -0.1) is 12.4 Å². The lowest BCUT2D eigenvalue weighted by molar-refractivity contribution is -0.562. The lowest BCUT2D eigenvalue weighted by Gasteiger charge is -2.25. The lowest BCUT2D eigenvalue weighted by atomic mass is 9.95. The fourth-order valence-corrected chi connectivity index (χ4v) is 3.73. The van der Waals surface area contributed by atoms with Crippen LogP contribution in [-0.4, -0.2) is 89.4 Å². The maximum Gasteiger partial charge on any atom is 0.335 e. The van der Waals surface area contributed by atoms with E-state index in [1.165, 1.54) is 52.0 Å². The third kappa shape index (κ3) is 21.4. The highest BCUT2D eigenvalue weighted by Crippen LogP contribution is 2.18. The van der Waals surface area contributed by atoms with Crippen molar-refractivity contribution in [2.75, 3.05) is 27.4 Å². The minimum absolute atomic E-state index is 0. The van der Waals surface area contributed by atoms with Crippen molar-refractivity contribution in [1.29, 1.82) is 0 Å². The number of carboxylic acid groups (broad SMARTS) is 1. The third-order valence-corrected chi connectivity index (χ3v) is 7.34. The molecule has 59 heavy (non-hydrogen) atoms. The molecule has 0 fully saturated rings. The molecule has 2 rings (SSSR count). The van der Waals surface area contributed by atoms with E-state index in [4.69, 9.17) is 20.3 Å². The van der Waals surface area contributed by atoms with Gasteiger partial charge in [0.05, 0.1) is 19.8 Å². The normalized spacial score (nSPS) is 11.5. The van der Waals surface area contributed by atoms with Gasteiger partial charge in [0.1, 0.15) is 24.7 Å². The van der Waals surface area contributed by atoms with Crippen LogP contribution in [0.1, 0.15) is 97.4 Å². The van der Waals surface area contributed by atoms with Gasteiger partial charge < -0.3 is 35.1 Å². The van der Waals surface area contributed by atoms with Crippen molar-refractivity contribution in [3.05, 3.63) is 79.9 Å². The molecule has 0 saturated carbocycles. The number of nitrogens with two attached hydrogens (primary N) is 1. The summed E-state index contributed by atoms with van der Waals surface area (Å²) in [6.45, 7) is 17.6. The predicted octanol–water partition coefficient (Wildman–Crippen LogP) is 5.85. The Morgan fingerprint density at radius 1 is 0.695 bits per heavy atom. The number of methoxy groups -OCH3 is 2. The fraction of sp³-hybridized carbons (Fsp3) is 0.512. The number of nitrogens with zero attached hydrogens (tertiary/aromatic N) is 2. The van der Waals surface area contributed by atoms with Crippen LogP contribution in [-0.2, 0) is 19.1 Å². The molecule has 1 amide bonds. The number of benzene rings is 2. The van der Waals surface area contributed by atoms with Gasteiger partial charge in [0.25, 0.3) is 5.91 Å². The summed E-state index contributed by atoms with van der Waals surface area (Å²) < 4.78 is 19.7. The second kappa shape index (κ2) is 25.5. The third-order valence-electron chi connectivity index (χ3n) is 7.34. The topological polar surface area (TPSA) is 250 Å². The number of carboxylic acids is 1. The second-order valence-electron chi connectivity index (χ2n) is 15.3. The molecular weight excluding hydrogens is 792 g/mol. The molecule has 17 nitrogen and oxygen atoms in total. The maximum atomic E-state index is 12.4. The Hall–Kier alpha value is -5.91. The largest absolute Gasteiger partial charge is 0.481 e. The van der Waals surface area contributed by atoms with Gasteiger partial charge in [0.15, 0.2) is 12.1 Å². The molecule has 0 saturated heterocycles. The summed E-state index contributed by atoms with van der Waals surface area (Å²) >= 11 is 0. The molecule has 2 atom stereocenters. The van der Waals surface area contributed by atoms with E-state index < -0.39 is 56.8 Å². The molecule has 0 heterocycles. The Bertz CT molecular complexity index is 1830. The zero-order valence-electron chi connectivity index (χ0n) is 34.9. The number of esters is 2. The van der Waals surface area contributed by atoms with Gasteiger partial charge in [-0.1, -0.05) is 31.1 Å². The summed E-state index contributed by atoms with van der Waals surface area (Å²) in [7, 11) is 2.24. The van der Waals surface area contributed by atoms with Crippen molar-refractivity contribution >= 4 is 36.2 Å². The zero-order valence-corrected chi connectivity index (χ0v) is 35.7. The van der Waals surface area contributed by atoms with Crippen LogP contribution in [0.4, 0.5) is 0 Å². The summed E-state index contributed by atoms with van der Waals surface area (Å²) in [6, 6.07) is 9.75. The molecule has 0 radical (unpaired) electrons. The van der Waals surface area contributed by atoms with E-state index in [0.29, 0.717) is 18.1 Å². The number of nitro groups is 2. The Morgan fingerprint density at radius 2 is 1.05 bits per heavy atom. The van der Waals surface area contributed by atoms with Crippen molar-refractivity contribution in [1.82, 2.24) is 5.32 Å². The first-order valence-corrected chi connectivity index (χ1v) is 17.3. The van der Waals surface area contributed by atoms with Crippen LogP contribution in [0.25, 0.3) is 0 Å². The van der Waals surface area contributed by atoms with E-state index in [1.54, 1.807) is 24.3 Å². The van der Waals surface area contributed by atoms with Gasteiger partial charge in [-0.25, -0.2) is 9.59 Å². The van der Waals surface area contributed by atoms with Crippen molar-refractivity contribution in [2.24, 2.45) is 16.6 Å². The zero-order chi connectivity index (χ0) is 44.4. The Kier molecular flexibility index (Phi) is 24.8. The molecule has 0 aromatic heterocycles. The van der Waals surface area contributed by atoms with E-state index in [1.807, 2.05) is 41.5 Å². The van der Waals surface area contributed by atoms with Crippen LogP contribution >= 0.6 is 12.4 Å². The first-order chi connectivity index (χ1) is 26.1. The minimum atomic E-state index is -1.74. The Balaban J connectivity index is -0.000000864. The number of amides is 1. The van der Waals surface area contributed by atoms with Crippen LogP contribution in [0.15, 0.2) is 48.5 Å². The monoisotopic (exact) mass is 850 g/mol. The summed E-state index contributed by atoms with van der Waals surface area (Å²) in [5.74, 6) is 9.83. The predicted molar refractivity (Wildman–Crippen MR) is 225 cm³/mol. The molecule has 18 heteroatoms. The summed E-state index contributed by atoms with van der Waals surface area (Å²) in [5, 5.41) is 32.7. The van der Waals surface area contributed by atoms with Gasteiger partial charge in [0, 0.05) is 53.9 Å². The van der Waals surface area contributed by atoms with Crippen LogP contribution < -0.4 is 20.5 Å². The number of aromatic carboxylic acids is 1. The van der Waals surface area contributed by atoms with Crippen LogP contribution in [0.3, 0.4) is 0 Å². The average molecular weight is 851 g/mol. The molecule has 0 aliphatic rings. The number of ether oxygens (including phenoxy) is 4. The number of hydrogen-bond donors (Lipinski definition) is 3. The first kappa shape index (κ1) is 57.4. The highest BCUT2D eigenvalue weighted by molar-refractivity contribution is 5.97. The molecule has 0 aliphatic carbocycles. The van der Waals surface area contributed by atoms with Gasteiger partial charge in [-0.3, -0.25) is 29.8 Å². The molecule has 2 aromatic rings. The van der Waals surface area contributed by atoms with Gasteiger partial charge >= 0.3 is 17.9 Å². The fourth-order valence-electron chi connectivity index (χ4n) is 3.73. The first-order valence-electron chi connectivity index (χ1n) is 17.3. The van der Waals surface area contributed by atoms with Gasteiger partial charge in [-0.05, 0) is 90.1 Å². The number of rotatable bonds is 13. The van der Waals surface area contributed by atoms with E-state index >= 15 is 0 Å². The molecule has 2 unspecified atom stereocenters. The molecule has 2 aromatic carbocycles. The van der Waals surface area contributed by atoms with Gasteiger partial charge in [0.2, 0.25) is 11.1 Å². The number of carbonyl (C=O) groups excluding carboxylic acids is 3. The second-order valence-corrected chi connectivity index (χ2v) is 15.3. The molecule has 328 valence electrons. The smallest absolute Gasteiger partial charge is 0.335 e. The number of hydrogen-bond acceptors (Lipinski definition) is 13. The van der Waals surface area contributed by atoms with E-state index in [2.05, 4.69) is 38.5 Å². The van der Waals surface area contributed by atoms with Crippen molar-refractivity contribution in [3.8, 4) is 35.2 Å². The van der Waals surface area contributed by atoms with E-state index in [9.17, 15) is 39.4 Å². The highest BCUT2D eigenvalue weighted by Gasteiger charge is 2.47. The van der Waals surface area contributed by atoms with Crippen LogP contribution in [0.5, 0.6) is 11.5 Å². The summed E-state index contributed by atoms with van der Waals surface area (Å²) in [5.41, 5.74) is 2.39. The number of nitrogens with one attached hydrogen (secondary N) is 1. The standard InChI is InChI=1S/C20H26N2O6.C14H16O3.C6H12N2O4.CH4.ClH/c1-19(2,3)12-7-13-28-15-10-8-14(9-11-15)17(23)21-16(18(24)27-6)20(4,5)22(25)26;1-14(2,3)9-4-10-17-12-7-5-11(6-8-12)13(15)16;1-6(2,8(10)11)4(7)5(9)12-3;;/h8-11,16H,13H2,1-6H3,(H,21,23);5-8H,10H2,1-3H3,(H,15,16);4H,7H2,1-3H3;1H4;1H. The van der Waals surface area contributed by atoms with Crippen LogP contribution in [0, 0.1) is 54.7 Å². The van der Waals surface area contributed by atoms with E-state index in [-0.39, 0.29) is 48.4 Å². The van der Waals surface area contributed by atoms with Crippen molar-refractivity contribution in [3.63, 3.8) is 0 Å².